The Morgan fingerprint density at radius 2 is 1.68 bits per heavy atom. The number of hydrogen-bond donors (Lipinski definition) is 3. The lowest BCUT2D eigenvalue weighted by molar-refractivity contribution is -0.126. The zero-order chi connectivity index (χ0) is 22.2. The van der Waals surface area contributed by atoms with Crippen molar-refractivity contribution < 1.29 is 18.8 Å². The first-order valence-electron chi connectivity index (χ1n) is 11.0. The van der Waals surface area contributed by atoms with E-state index in [-0.39, 0.29) is 30.2 Å². The van der Waals surface area contributed by atoms with Crippen molar-refractivity contribution in [2.24, 2.45) is 0 Å². The number of hydrogen-bond acceptors (Lipinski definition) is 5. The van der Waals surface area contributed by atoms with E-state index in [0.717, 1.165) is 25.7 Å². The molecule has 2 fully saturated rings. The number of carbonyl (C=O) groups is 3. The quantitative estimate of drug-likeness (QED) is 0.637. The Hall–Kier alpha value is -2.52. The molecule has 1 aliphatic carbocycles. The molecule has 1 saturated carbocycles. The molecule has 1 heterocycles. The molecule has 4 amide bonds. The maximum absolute atomic E-state index is 13.0. The van der Waals surface area contributed by atoms with Crippen molar-refractivity contribution in [3.8, 4) is 0 Å². The number of carbonyl (C=O) groups excluding carboxylic acids is 3. The summed E-state index contributed by atoms with van der Waals surface area (Å²) in [5.74, 6) is -0.820. The number of halogens is 1. The minimum Gasteiger partial charge on any atom is -0.335 e. The summed E-state index contributed by atoms with van der Waals surface area (Å²) in [5.41, 5.74) is 0.557. The van der Waals surface area contributed by atoms with E-state index in [4.69, 9.17) is 0 Å². The van der Waals surface area contributed by atoms with Crippen LogP contribution in [0.15, 0.2) is 24.3 Å². The zero-order valence-electron chi connectivity index (χ0n) is 18.0. The van der Waals surface area contributed by atoms with Crippen molar-refractivity contribution in [2.75, 3.05) is 38.0 Å². The third-order valence-corrected chi connectivity index (χ3v) is 6.01. The van der Waals surface area contributed by atoms with E-state index in [0.29, 0.717) is 31.9 Å². The van der Waals surface area contributed by atoms with Gasteiger partial charge in [-0.15, -0.1) is 0 Å². The van der Waals surface area contributed by atoms with Crippen LogP contribution in [0.1, 0.15) is 39.0 Å². The summed E-state index contributed by atoms with van der Waals surface area (Å²) in [6.45, 7) is 4.56. The normalized spacial score (nSPS) is 19.4. The lowest BCUT2D eigenvalue weighted by atomic mass is 9.96. The van der Waals surface area contributed by atoms with Crippen LogP contribution in [0.4, 0.5) is 14.9 Å². The first-order valence-corrected chi connectivity index (χ1v) is 11.0. The summed E-state index contributed by atoms with van der Waals surface area (Å²) in [4.78, 5) is 40.8. The molecule has 3 rings (SSSR count). The first kappa shape index (κ1) is 23.1. The number of amides is 4. The zero-order valence-corrected chi connectivity index (χ0v) is 18.0. The topological polar surface area (TPSA) is 93.8 Å². The summed E-state index contributed by atoms with van der Waals surface area (Å²) in [7, 11) is 0. The van der Waals surface area contributed by atoms with Crippen LogP contribution in [0.25, 0.3) is 0 Å². The fraction of sp³-hybridized carbons (Fsp3) is 0.591. The Bertz CT molecular complexity index is 759. The predicted octanol–water partition coefficient (Wildman–Crippen LogP) is 1.93. The number of anilines is 1. The van der Waals surface area contributed by atoms with Gasteiger partial charge in [-0.3, -0.25) is 24.7 Å². The SMILES string of the molecule is CC(C(=O)NC(=O)NC1CCCCC1)N1CCN(CC(=O)Nc2ccc(F)cc2)CC1. The van der Waals surface area contributed by atoms with E-state index in [1.807, 2.05) is 9.80 Å². The predicted molar refractivity (Wildman–Crippen MR) is 116 cm³/mol. The molecule has 1 atom stereocenters. The molecule has 0 radical (unpaired) electrons. The van der Waals surface area contributed by atoms with Gasteiger partial charge in [0.1, 0.15) is 5.82 Å². The summed E-state index contributed by atoms with van der Waals surface area (Å²) in [5, 5.41) is 8.11. The van der Waals surface area contributed by atoms with Crippen LogP contribution in [0.2, 0.25) is 0 Å². The second-order valence-corrected chi connectivity index (χ2v) is 8.34. The largest absolute Gasteiger partial charge is 0.335 e. The molecule has 8 nitrogen and oxygen atoms in total. The summed E-state index contributed by atoms with van der Waals surface area (Å²) in [6, 6.07) is 4.96. The van der Waals surface area contributed by atoms with Gasteiger partial charge in [0.05, 0.1) is 12.6 Å². The van der Waals surface area contributed by atoms with Crippen LogP contribution >= 0.6 is 0 Å². The van der Waals surface area contributed by atoms with Gasteiger partial charge < -0.3 is 10.6 Å². The Balaban J connectivity index is 1.36. The molecule has 2 aliphatic rings. The molecule has 0 aromatic heterocycles. The number of nitrogens with zero attached hydrogens (tertiary/aromatic N) is 2. The van der Waals surface area contributed by atoms with E-state index < -0.39 is 12.1 Å². The highest BCUT2D eigenvalue weighted by atomic mass is 19.1. The van der Waals surface area contributed by atoms with Gasteiger partial charge in [-0.2, -0.15) is 0 Å². The fourth-order valence-electron chi connectivity index (χ4n) is 4.10. The summed E-state index contributed by atoms with van der Waals surface area (Å²) < 4.78 is 13.0. The highest BCUT2D eigenvalue weighted by Crippen LogP contribution is 2.17. The average Bonchev–Trinajstić information content (AvgIpc) is 2.76. The standard InChI is InChI=1S/C22H32FN5O3/c1-16(21(30)26-22(31)25-18-5-3-2-4-6-18)28-13-11-27(12-14-28)15-20(29)24-19-9-7-17(23)8-10-19/h7-10,16,18H,2-6,11-15H2,1H3,(H,24,29)(H2,25,26,30,31). The Labute approximate surface area is 182 Å². The van der Waals surface area contributed by atoms with Crippen LogP contribution in [-0.4, -0.2) is 72.5 Å². The van der Waals surface area contributed by atoms with E-state index >= 15 is 0 Å². The van der Waals surface area contributed by atoms with E-state index in [1.54, 1.807) is 6.92 Å². The van der Waals surface area contributed by atoms with Crippen LogP contribution in [-0.2, 0) is 9.59 Å². The monoisotopic (exact) mass is 433 g/mol. The van der Waals surface area contributed by atoms with Gasteiger partial charge in [-0.1, -0.05) is 19.3 Å². The third-order valence-electron chi connectivity index (χ3n) is 6.01. The first-order chi connectivity index (χ1) is 14.9. The number of benzene rings is 1. The third kappa shape index (κ3) is 7.29. The average molecular weight is 434 g/mol. The second kappa shape index (κ2) is 11.2. The van der Waals surface area contributed by atoms with Gasteiger partial charge >= 0.3 is 6.03 Å². The molecule has 9 heteroatoms. The van der Waals surface area contributed by atoms with E-state index in [9.17, 15) is 18.8 Å². The molecule has 1 unspecified atom stereocenters. The molecule has 0 bridgehead atoms. The van der Waals surface area contributed by atoms with Crippen LogP contribution in [0, 0.1) is 5.82 Å². The molecule has 1 aromatic rings. The van der Waals surface area contributed by atoms with Crippen molar-refractivity contribution in [3.05, 3.63) is 30.1 Å². The van der Waals surface area contributed by atoms with E-state index in [2.05, 4.69) is 16.0 Å². The molecule has 31 heavy (non-hydrogen) atoms. The van der Waals surface area contributed by atoms with Gasteiger partial charge in [-0.05, 0) is 44.0 Å². The molecule has 0 spiro atoms. The summed E-state index contributed by atoms with van der Waals surface area (Å²) >= 11 is 0. The van der Waals surface area contributed by atoms with E-state index in [1.165, 1.54) is 30.7 Å². The molecular weight excluding hydrogens is 401 g/mol. The Kier molecular flexibility index (Phi) is 8.36. The molecule has 1 aromatic carbocycles. The lowest BCUT2D eigenvalue weighted by Crippen LogP contribution is -2.56. The molecule has 1 aliphatic heterocycles. The minimum absolute atomic E-state index is 0.154. The number of piperazine rings is 1. The number of rotatable bonds is 6. The number of nitrogens with one attached hydrogen (secondary N) is 3. The maximum Gasteiger partial charge on any atom is 0.321 e. The molecule has 3 N–H and O–H groups in total. The number of urea groups is 1. The second-order valence-electron chi connectivity index (χ2n) is 8.34. The highest BCUT2D eigenvalue weighted by molar-refractivity contribution is 5.97. The number of imide groups is 1. The van der Waals surface area contributed by atoms with Gasteiger partial charge in [-0.25, -0.2) is 9.18 Å². The lowest BCUT2D eigenvalue weighted by Gasteiger charge is -2.37. The van der Waals surface area contributed by atoms with Crippen molar-refractivity contribution in [1.82, 2.24) is 20.4 Å². The molecular formula is C22H32FN5O3. The van der Waals surface area contributed by atoms with Crippen LogP contribution in [0.5, 0.6) is 0 Å². The smallest absolute Gasteiger partial charge is 0.321 e. The van der Waals surface area contributed by atoms with Crippen molar-refractivity contribution >= 4 is 23.5 Å². The van der Waals surface area contributed by atoms with Gasteiger partial charge in [0, 0.05) is 37.9 Å². The van der Waals surface area contributed by atoms with Crippen LogP contribution < -0.4 is 16.0 Å². The van der Waals surface area contributed by atoms with Gasteiger partial charge in [0.15, 0.2) is 0 Å². The molecule has 1 saturated heterocycles. The van der Waals surface area contributed by atoms with Gasteiger partial charge in [0.2, 0.25) is 11.8 Å². The fourth-order valence-corrected chi connectivity index (χ4v) is 4.10. The maximum atomic E-state index is 13.0. The minimum atomic E-state index is -0.424. The van der Waals surface area contributed by atoms with Crippen LogP contribution in [0.3, 0.4) is 0 Å². The van der Waals surface area contributed by atoms with Crippen molar-refractivity contribution in [1.29, 1.82) is 0 Å². The van der Waals surface area contributed by atoms with Crippen molar-refractivity contribution in [3.63, 3.8) is 0 Å². The van der Waals surface area contributed by atoms with Gasteiger partial charge in [0.25, 0.3) is 0 Å². The Morgan fingerprint density at radius 1 is 1.03 bits per heavy atom. The summed E-state index contributed by atoms with van der Waals surface area (Å²) in [6.07, 6.45) is 5.36. The van der Waals surface area contributed by atoms with Crippen molar-refractivity contribution in [2.45, 2.75) is 51.1 Å². The highest BCUT2D eigenvalue weighted by Gasteiger charge is 2.27. The molecule has 170 valence electrons. The Morgan fingerprint density at radius 3 is 2.32 bits per heavy atom.